The number of nitrogens with zero attached hydrogens (tertiary/aromatic N) is 5. The van der Waals surface area contributed by atoms with Crippen LogP contribution in [0.25, 0.3) is 0 Å². The molecule has 1 aliphatic rings. The molecular formula is C29H41ClF2N6O2. The van der Waals surface area contributed by atoms with Gasteiger partial charge in [0.05, 0.1) is 12.2 Å². The molecule has 1 heterocycles. The van der Waals surface area contributed by atoms with Gasteiger partial charge in [-0.25, -0.2) is 4.98 Å². The molecule has 0 atom stereocenters. The van der Waals surface area contributed by atoms with Crippen molar-refractivity contribution in [2.75, 3.05) is 12.1 Å². The molecule has 220 valence electrons. The zero-order valence-electron chi connectivity index (χ0n) is 24.7. The first-order valence-corrected chi connectivity index (χ1v) is 13.7. The van der Waals surface area contributed by atoms with Gasteiger partial charge in [0.2, 0.25) is 5.82 Å². The second kappa shape index (κ2) is 15.6. The Morgan fingerprint density at radius 2 is 1.65 bits per heavy atom. The van der Waals surface area contributed by atoms with Crippen molar-refractivity contribution in [2.45, 2.75) is 98.2 Å². The Morgan fingerprint density at radius 3 is 2.10 bits per heavy atom. The summed E-state index contributed by atoms with van der Waals surface area (Å²) in [6.45, 7) is 12.7. The van der Waals surface area contributed by atoms with Crippen LogP contribution in [0.5, 0.6) is 0 Å². The Morgan fingerprint density at radius 1 is 1.12 bits per heavy atom. The number of nitrogens with one attached hydrogen (secondary N) is 1. The molecule has 40 heavy (non-hydrogen) atoms. The van der Waals surface area contributed by atoms with Gasteiger partial charge in [0.25, 0.3) is 5.91 Å². The van der Waals surface area contributed by atoms with E-state index in [9.17, 15) is 23.6 Å². The molecule has 1 amide bonds. The second-order valence-electron chi connectivity index (χ2n) is 10.4. The first-order chi connectivity index (χ1) is 18.6. The Labute approximate surface area is 241 Å². The summed E-state index contributed by atoms with van der Waals surface area (Å²) < 4.78 is 23.0. The molecule has 0 radical (unpaired) electrons. The average Bonchev–Trinajstić information content (AvgIpc) is 3.43. The Balaban J connectivity index is 0.000000775. The molecule has 1 fully saturated rings. The number of benzene rings is 1. The van der Waals surface area contributed by atoms with Crippen molar-refractivity contribution in [3.05, 3.63) is 52.4 Å². The molecule has 1 aromatic heterocycles. The van der Waals surface area contributed by atoms with Crippen LogP contribution in [0.2, 0.25) is 5.02 Å². The van der Waals surface area contributed by atoms with Crippen molar-refractivity contribution in [3.8, 4) is 6.07 Å². The number of alkyl halides is 2. The zero-order chi connectivity index (χ0) is 30.7. The van der Waals surface area contributed by atoms with E-state index in [2.05, 4.69) is 48.1 Å². The highest BCUT2D eigenvalue weighted by Crippen LogP contribution is 2.30. The zero-order valence-corrected chi connectivity index (χ0v) is 25.4. The van der Waals surface area contributed by atoms with Gasteiger partial charge in [0.15, 0.2) is 11.6 Å². The first kappa shape index (κ1) is 34.9. The number of carbonyl (C=O) groups is 2. The Bertz CT molecular complexity index is 1150. The molecule has 2 aromatic rings. The lowest BCUT2D eigenvalue weighted by atomic mass is 10.0. The Hall–Kier alpha value is -3.16. The Kier molecular flexibility index (Phi) is 13.6. The topological polar surface area (TPSA) is 102 Å². The van der Waals surface area contributed by atoms with Gasteiger partial charge in [-0.2, -0.15) is 19.0 Å². The summed E-state index contributed by atoms with van der Waals surface area (Å²) in [5.41, 5.74) is 4.72. The number of hydrogen-bond acceptors (Lipinski definition) is 7. The molecule has 1 saturated carbocycles. The number of Topliss-reactive ketones (excluding diaryl/α,β-unsaturated/α-hetero) is 1. The lowest BCUT2D eigenvalue weighted by Crippen LogP contribution is -2.48. The van der Waals surface area contributed by atoms with Crippen LogP contribution in [0, 0.1) is 11.3 Å². The van der Waals surface area contributed by atoms with E-state index >= 15 is 0 Å². The minimum absolute atomic E-state index is 0.0176. The predicted molar refractivity (Wildman–Crippen MR) is 154 cm³/mol. The molecular weight excluding hydrogens is 538 g/mol. The second-order valence-corrected chi connectivity index (χ2v) is 10.8. The number of amides is 1. The third-order valence-corrected chi connectivity index (χ3v) is 6.63. The monoisotopic (exact) mass is 578 g/mol. The number of anilines is 1. The number of rotatable bonds is 7. The summed E-state index contributed by atoms with van der Waals surface area (Å²) in [5.74, 6) is -4.09. The number of aromatic nitrogens is 2. The molecule has 1 N–H and O–H groups in total. The van der Waals surface area contributed by atoms with Crippen LogP contribution in [0.4, 0.5) is 14.6 Å². The van der Waals surface area contributed by atoms with Crippen LogP contribution in [-0.2, 0) is 11.3 Å². The van der Waals surface area contributed by atoms with Gasteiger partial charge in [-0.3, -0.25) is 24.9 Å². The fourth-order valence-electron chi connectivity index (χ4n) is 3.51. The van der Waals surface area contributed by atoms with Gasteiger partial charge in [-0.15, -0.1) is 0 Å². The number of nitriles is 1. The summed E-state index contributed by atoms with van der Waals surface area (Å²) in [6.07, 6.45) is 5.37. The maximum Gasteiger partial charge on any atom is 0.302 e. The summed E-state index contributed by atoms with van der Waals surface area (Å²) in [7, 11) is 2.08. The smallest absolute Gasteiger partial charge is 0.297 e. The lowest BCUT2D eigenvalue weighted by Gasteiger charge is -2.32. The maximum absolute atomic E-state index is 13.0. The number of hydrazine groups is 1. The van der Waals surface area contributed by atoms with Crippen LogP contribution >= 0.6 is 11.6 Å². The summed E-state index contributed by atoms with van der Waals surface area (Å²) in [4.78, 5) is 33.2. The van der Waals surface area contributed by atoms with E-state index in [1.54, 1.807) is 5.01 Å². The minimum Gasteiger partial charge on any atom is -0.297 e. The van der Waals surface area contributed by atoms with Crippen LogP contribution in [0.1, 0.15) is 95.9 Å². The van der Waals surface area contributed by atoms with Crippen LogP contribution < -0.4 is 10.4 Å². The van der Waals surface area contributed by atoms with Crippen molar-refractivity contribution < 1.29 is 18.4 Å². The highest BCUT2D eigenvalue weighted by Gasteiger charge is 2.28. The average molecular weight is 579 g/mol. The molecule has 0 spiro atoms. The number of hydrogen-bond donors (Lipinski definition) is 1. The van der Waals surface area contributed by atoms with E-state index in [1.165, 1.54) is 6.20 Å². The van der Waals surface area contributed by atoms with Gasteiger partial charge >= 0.3 is 5.92 Å². The van der Waals surface area contributed by atoms with Crippen molar-refractivity contribution in [2.24, 2.45) is 0 Å². The van der Waals surface area contributed by atoms with Crippen LogP contribution in [0.3, 0.4) is 0 Å². The minimum atomic E-state index is -3.14. The molecule has 0 saturated heterocycles. The normalized spacial score (nSPS) is 13.4. The van der Waals surface area contributed by atoms with Gasteiger partial charge in [0.1, 0.15) is 11.1 Å². The molecule has 11 heteroatoms. The summed E-state index contributed by atoms with van der Waals surface area (Å²) in [6, 6.07) is 9.61. The maximum atomic E-state index is 13.0. The van der Waals surface area contributed by atoms with Crippen molar-refractivity contribution in [1.29, 1.82) is 5.26 Å². The van der Waals surface area contributed by atoms with E-state index in [0.717, 1.165) is 44.7 Å². The van der Waals surface area contributed by atoms with E-state index in [1.807, 2.05) is 44.2 Å². The van der Waals surface area contributed by atoms with E-state index in [0.29, 0.717) is 23.3 Å². The fraction of sp³-hybridized carbons (Fsp3) is 0.552. The van der Waals surface area contributed by atoms with E-state index in [-0.39, 0.29) is 23.3 Å². The van der Waals surface area contributed by atoms with E-state index in [4.69, 9.17) is 11.6 Å². The van der Waals surface area contributed by atoms with Gasteiger partial charge in [-0.05, 0) is 58.4 Å². The number of halogens is 3. The largest absolute Gasteiger partial charge is 0.302 e. The van der Waals surface area contributed by atoms with Gasteiger partial charge < -0.3 is 0 Å². The van der Waals surface area contributed by atoms with Gasteiger partial charge in [-0.1, -0.05) is 50.4 Å². The highest BCUT2D eigenvalue weighted by molar-refractivity contribution is 6.32. The molecule has 0 aliphatic heterocycles. The third kappa shape index (κ3) is 10.8. The number of carbonyl (C=O) groups excluding carboxylic acids is 2. The molecule has 0 unspecified atom stereocenters. The SMILES string of the molecule is CC.CC(=O)C(C)(F)F.CN(Cc1ccc(C(=O)NN(c2nc(C#N)ncc2Cl)C2CCCC2)cc1)C(C)(C)C. The quantitative estimate of drug-likeness (QED) is 0.370. The fourth-order valence-corrected chi connectivity index (χ4v) is 3.69. The summed E-state index contributed by atoms with van der Waals surface area (Å²) >= 11 is 6.33. The standard InChI is InChI=1S/C23H29ClN6O.C4H6F2O.C2H6/c1-23(2,3)29(4)15-16-9-11-17(12-10-16)22(31)28-30(18-7-5-6-8-18)21-19(24)14-26-20(13-25)27-21;1-3(7)4(2,5)6;1-2/h9-12,14,18H,5-8,15H2,1-4H3,(H,28,31);1-2H3;1-2H3. The van der Waals surface area contributed by atoms with Crippen molar-refractivity contribution in [1.82, 2.24) is 20.3 Å². The van der Waals surface area contributed by atoms with Crippen LogP contribution in [0.15, 0.2) is 30.5 Å². The van der Waals surface area contributed by atoms with Gasteiger partial charge in [0, 0.05) is 31.5 Å². The van der Waals surface area contributed by atoms with Crippen LogP contribution in [-0.4, -0.2) is 51.1 Å². The summed E-state index contributed by atoms with van der Waals surface area (Å²) in [5, 5.41) is 11.2. The third-order valence-electron chi connectivity index (χ3n) is 6.36. The molecule has 8 nitrogen and oxygen atoms in total. The van der Waals surface area contributed by atoms with Crippen molar-refractivity contribution >= 4 is 29.1 Å². The lowest BCUT2D eigenvalue weighted by molar-refractivity contribution is -0.138. The predicted octanol–water partition coefficient (Wildman–Crippen LogP) is 6.58. The van der Waals surface area contributed by atoms with E-state index < -0.39 is 11.7 Å². The number of ketones is 1. The first-order valence-electron chi connectivity index (χ1n) is 13.4. The molecule has 1 aliphatic carbocycles. The van der Waals surface area contributed by atoms with Crippen molar-refractivity contribution in [3.63, 3.8) is 0 Å². The molecule has 1 aromatic carbocycles. The molecule has 3 rings (SSSR count). The molecule has 0 bridgehead atoms. The highest BCUT2D eigenvalue weighted by atomic mass is 35.5.